The van der Waals surface area contributed by atoms with Crippen molar-refractivity contribution in [3.05, 3.63) is 51.3 Å². The molecule has 2 heterocycles. The van der Waals surface area contributed by atoms with Crippen LogP contribution >= 0.6 is 11.3 Å². The van der Waals surface area contributed by atoms with Crippen molar-refractivity contribution in [1.29, 1.82) is 0 Å². The zero-order valence-corrected chi connectivity index (χ0v) is 16.8. The van der Waals surface area contributed by atoms with Crippen molar-refractivity contribution in [3.63, 3.8) is 0 Å². The Balaban J connectivity index is 2.24. The molecule has 3 aromatic rings. The fourth-order valence-corrected chi connectivity index (χ4v) is 3.72. The van der Waals surface area contributed by atoms with E-state index in [9.17, 15) is 14.4 Å². The third-order valence-corrected chi connectivity index (χ3v) is 5.03. The zero-order chi connectivity index (χ0) is 20.3. The number of anilines is 1. The second-order valence-electron chi connectivity index (χ2n) is 6.27. The topological polar surface area (TPSA) is 90.3 Å². The molecule has 0 unspecified atom stereocenters. The molecule has 1 aromatic carbocycles. The van der Waals surface area contributed by atoms with Gasteiger partial charge < -0.3 is 10.1 Å². The van der Waals surface area contributed by atoms with Gasteiger partial charge in [-0.15, -0.1) is 11.3 Å². The fraction of sp³-hybridized carbons (Fsp3) is 0.300. The highest BCUT2D eigenvalue weighted by Crippen LogP contribution is 2.30. The Labute approximate surface area is 165 Å². The lowest BCUT2D eigenvalue weighted by atomic mass is 10.2. The maximum absolute atomic E-state index is 13.2. The number of hydrogen-bond donors (Lipinski definition) is 1. The molecule has 0 aliphatic rings. The van der Waals surface area contributed by atoms with Gasteiger partial charge in [-0.3, -0.25) is 9.59 Å². The first-order chi connectivity index (χ1) is 13.5. The molecule has 0 saturated heterocycles. The van der Waals surface area contributed by atoms with E-state index in [2.05, 4.69) is 10.4 Å². The van der Waals surface area contributed by atoms with Crippen LogP contribution in [0.15, 0.2) is 34.4 Å². The molecule has 0 saturated carbocycles. The van der Waals surface area contributed by atoms with Gasteiger partial charge in [0.25, 0.3) is 5.56 Å². The van der Waals surface area contributed by atoms with Crippen molar-refractivity contribution in [2.24, 2.45) is 0 Å². The molecule has 3 rings (SSSR count). The number of fused-ring (bicyclic) bond motifs is 1. The summed E-state index contributed by atoms with van der Waals surface area (Å²) in [5, 5.41) is 9.75. The summed E-state index contributed by atoms with van der Waals surface area (Å²) in [6, 6.07) is 7.23. The zero-order valence-electron chi connectivity index (χ0n) is 15.9. The molecule has 0 aliphatic heterocycles. The number of thiophene rings is 1. The standard InChI is InChI=1S/C20H21N3O4S/c1-4-6-15(24)21-18-16-14(11-28-18)17(20(26)27-5-2)22-23(19(16)25)13-9-7-12(3)8-10-13/h7-11H,4-6H2,1-3H3,(H,21,24). The van der Waals surface area contributed by atoms with Gasteiger partial charge in [0.15, 0.2) is 5.69 Å². The van der Waals surface area contributed by atoms with Crippen LogP contribution in [-0.2, 0) is 9.53 Å². The summed E-state index contributed by atoms with van der Waals surface area (Å²) in [5.74, 6) is -0.792. The summed E-state index contributed by atoms with van der Waals surface area (Å²) in [7, 11) is 0. The Kier molecular flexibility index (Phi) is 5.89. The van der Waals surface area contributed by atoms with E-state index in [1.54, 1.807) is 24.4 Å². The number of aryl methyl sites for hydroxylation is 1. The van der Waals surface area contributed by atoms with Crippen molar-refractivity contribution >= 4 is 39.0 Å². The predicted molar refractivity (Wildman–Crippen MR) is 109 cm³/mol. The summed E-state index contributed by atoms with van der Waals surface area (Å²) in [5.41, 5.74) is 1.20. The number of nitrogens with one attached hydrogen (secondary N) is 1. The number of nitrogens with zero attached hydrogens (tertiary/aromatic N) is 2. The third kappa shape index (κ3) is 3.82. The molecule has 0 radical (unpaired) electrons. The number of amides is 1. The highest BCUT2D eigenvalue weighted by atomic mass is 32.1. The third-order valence-electron chi connectivity index (χ3n) is 4.13. The van der Waals surface area contributed by atoms with Crippen molar-refractivity contribution in [3.8, 4) is 5.69 Å². The van der Waals surface area contributed by atoms with Gasteiger partial charge in [0.1, 0.15) is 5.00 Å². The number of carbonyl (C=O) groups is 2. The number of rotatable bonds is 6. The molecule has 0 aliphatic carbocycles. The minimum Gasteiger partial charge on any atom is -0.461 e. The van der Waals surface area contributed by atoms with Crippen LogP contribution in [0.5, 0.6) is 0 Å². The molecule has 2 aromatic heterocycles. The van der Waals surface area contributed by atoms with Crippen molar-refractivity contribution in [1.82, 2.24) is 9.78 Å². The minimum atomic E-state index is -0.613. The number of hydrogen-bond acceptors (Lipinski definition) is 6. The Morgan fingerprint density at radius 3 is 2.57 bits per heavy atom. The number of benzene rings is 1. The molecule has 1 N–H and O–H groups in total. The van der Waals surface area contributed by atoms with Crippen LogP contribution in [0.4, 0.5) is 5.00 Å². The van der Waals surface area contributed by atoms with Crippen LogP contribution in [-0.4, -0.2) is 28.3 Å². The van der Waals surface area contributed by atoms with E-state index in [0.717, 1.165) is 5.56 Å². The first kappa shape index (κ1) is 19.8. The lowest BCUT2D eigenvalue weighted by molar-refractivity contribution is -0.116. The first-order valence-electron chi connectivity index (χ1n) is 9.04. The molecule has 8 heteroatoms. The van der Waals surface area contributed by atoms with E-state index in [-0.39, 0.29) is 23.6 Å². The van der Waals surface area contributed by atoms with Gasteiger partial charge in [0.2, 0.25) is 5.91 Å². The Hall–Kier alpha value is -3.00. The van der Waals surface area contributed by atoms with Gasteiger partial charge >= 0.3 is 5.97 Å². The van der Waals surface area contributed by atoms with Gasteiger partial charge in [0, 0.05) is 17.2 Å². The average molecular weight is 399 g/mol. The molecule has 0 fully saturated rings. The number of carbonyl (C=O) groups excluding carboxylic acids is 2. The maximum atomic E-state index is 13.2. The maximum Gasteiger partial charge on any atom is 0.359 e. The van der Waals surface area contributed by atoms with E-state index in [0.29, 0.717) is 28.9 Å². The minimum absolute atomic E-state index is 0.0456. The average Bonchev–Trinajstić information content (AvgIpc) is 3.07. The van der Waals surface area contributed by atoms with E-state index < -0.39 is 11.5 Å². The quantitative estimate of drug-likeness (QED) is 0.639. The second kappa shape index (κ2) is 8.35. The van der Waals surface area contributed by atoms with Crippen molar-refractivity contribution < 1.29 is 14.3 Å². The van der Waals surface area contributed by atoms with Crippen LogP contribution in [0.3, 0.4) is 0 Å². The lowest BCUT2D eigenvalue weighted by Crippen LogP contribution is -2.25. The molecule has 1 amide bonds. The van der Waals surface area contributed by atoms with Crippen LogP contribution < -0.4 is 10.9 Å². The van der Waals surface area contributed by atoms with Gasteiger partial charge in [-0.1, -0.05) is 24.6 Å². The van der Waals surface area contributed by atoms with Gasteiger partial charge in [0.05, 0.1) is 17.7 Å². The Bertz CT molecular complexity index is 1080. The molecular formula is C20H21N3O4S. The Morgan fingerprint density at radius 1 is 1.21 bits per heavy atom. The molecule has 0 spiro atoms. The smallest absolute Gasteiger partial charge is 0.359 e. The molecule has 28 heavy (non-hydrogen) atoms. The van der Waals surface area contributed by atoms with Crippen LogP contribution in [0.1, 0.15) is 42.7 Å². The first-order valence-corrected chi connectivity index (χ1v) is 9.92. The van der Waals surface area contributed by atoms with Gasteiger partial charge in [-0.25, -0.2) is 4.79 Å². The largest absolute Gasteiger partial charge is 0.461 e. The van der Waals surface area contributed by atoms with Crippen LogP contribution in [0, 0.1) is 6.92 Å². The molecule has 146 valence electrons. The monoisotopic (exact) mass is 399 g/mol. The van der Waals surface area contributed by atoms with E-state index in [1.807, 2.05) is 26.0 Å². The second-order valence-corrected chi connectivity index (χ2v) is 7.15. The summed E-state index contributed by atoms with van der Waals surface area (Å²) in [6.45, 7) is 5.73. The lowest BCUT2D eigenvalue weighted by Gasteiger charge is -2.10. The highest BCUT2D eigenvalue weighted by Gasteiger charge is 2.23. The Morgan fingerprint density at radius 2 is 1.93 bits per heavy atom. The molecular weight excluding hydrogens is 378 g/mol. The van der Waals surface area contributed by atoms with Gasteiger partial charge in [-0.2, -0.15) is 9.78 Å². The normalized spacial score (nSPS) is 10.8. The van der Waals surface area contributed by atoms with Gasteiger partial charge in [-0.05, 0) is 32.4 Å². The fourth-order valence-electron chi connectivity index (χ4n) is 2.77. The van der Waals surface area contributed by atoms with Crippen molar-refractivity contribution in [2.75, 3.05) is 11.9 Å². The number of aromatic nitrogens is 2. The SMILES string of the molecule is CCCC(=O)Nc1scc2c(C(=O)OCC)nn(-c3ccc(C)cc3)c(=O)c12. The number of esters is 1. The predicted octanol–water partition coefficient (Wildman–Crippen LogP) is 3.67. The molecule has 0 atom stereocenters. The van der Waals surface area contributed by atoms with E-state index in [1.165, 1.54) is 16.0 Å². The van der Waals surface area contributed by atoms with E-state index in [4.69, 9.17) is 4.74 Å². The summed E-state index contributed by atoms with van der Waals surface area (Å²) in [6.07, 6.45) is 1.04. The molecule has 0 bridgehead atoms. The van der Waals surface area contributed by atoms with Crippen LogP contribution in [0.25, 0.3) is 16.5 Å². The molecule has 7 nitrogen and oxygen atoms in total. The number of ether oxygens (including phenoxy) is 1. The summed E-state index contributed by atoms with van der Waals surface area (Å²) >= 11 is 1.19. The van der Waals surface area contributed by atoms with Crippen LogP contribution in [0.2, 0.25) is 0 Å². The van der Waals surface area contributed by atoms with E-state index >= 15 is 0 Å². The summed E-state index contributed by atoms with van der Waals surface area (Å²) < 4.78 is 6.29. The summed E-state index contributed by atoms with van der Waals surface area (Å²) in [4.78, 5) is 37.7. The highest BCUT2D eigenvalue weighted by molar-refractivity contribution is 7.16. The van der Waals surface area contributed by atoms with Crippen molar-refractivity contribution in [2.45, 2.75) is 33.6 Å².